The van der Waals surface area contributed by atoms with Gasteiger partial charge < -0.3 is 19.4 Å². The van der Waals surface area contributed by atoms with Crippen molar-refractivity contribution in [3.05, 3.63) is 83.8 Å². The SMILES string of the molecule is CN(C)Cc1ccc(N2CCN(C(=O)Cc3ccc(OCc4ccccn4)cc3)CC2)nc1. The first-order valence-corrected chi connectivity index (χ1v) is 11.3. The van der Waals surface area contributed by atoms with Crippen LogP contribution in [0.4, 0.5) is 5.82 Å². The topological polar surface area (TPSA) is 61.8 Å². The van der Waals surface area contributed by atoms with Crippen LogP contribution in [0.2, 0.25) is 0 Å². The Balaban J connectivity index is 1.23. The molecule has 0 bridgehead atoms. The van der Waals surface area contributed by atoms with Crippen molar-refractivity contribution in [2.45, 2.75) is 19.6 Å². The predicted octanol–water partition coefficient (Wildman–Crippen LogP) is 3.01. The van der Waals surface area contributed by atoms with Gasteiger partial charge >= 0.3 is 0 Å². The van der Waals surface area contributed by atoms with E-state index >= 15 is 0 Å². The third kappa shape index (κ3) is 6.52. The normalized spacial score (nSPS) is 13.9. The Bertz CT molecular complexity index is 1010. The third-order valence-corrected chi connectivity index (χ3v) is 5.66. The summed E-state index contributed by atoms with van der Waals surface area (Å²) in [5, 5.41) is 0. The summed E-state index contributed by atoms with van der Waals surface area (Å²) in [6.45, 7) is 4.33. The summed E-state index contributed by atoms with van der Waals surface area (Å²) >= 11 is 0. The zero-order valence-corrected chi connectivity index (χ0v) is 19.4. The molecule has 0 N–H and O–H groups in total. The summed E-state index contributed by atoms with van der Waals surface area (Å²) in [4.78, 5) is 28.0. The van der Waals surface area contributed by atoms with E-state index in [2.05, 4.69) is 46.0 Å². The molecule has 7 nitrogen and oxygen atoms in total. The molecule has 0 radical (unpaired) electrons. The first kappa shape index (κ1) is 22.7. The van der Waals surface area contributed by atoms with E-state index in [1.54, 1.807) is 6.20 Å². The van der Waals surface area contributed by atoms with Crippen molar-refractivity contribution in [1.82, 2.24) is 19.8 Å². The summed E-state index contributed by atoms with van der Waals surface area (Å²) in [7, 11) is 4.10. The van der Waals surface area contributed by atoms with Crippen LogP contribution in [0.25, 0.3) is 0 Å². The molecule has 0 aliphatic carbocycles. The highest BCUT2D eigenvalue weighted by Crippen LogP contribution is 2.17. The van der Waals surface area contributed by atoms with Crippen LogP contribution in [-0.2, 0) is 24.4 Å². The van der Waals surface area contributed by atoms with Gasteiger partial charge in [0.1, 0.15) is 18.2 Å². The number of carbonyl (C=O) groups is 1. The third-order valence-electron chi connectivity index (χ3n) is 5.66. The maximum absolute atomic E-state index is 12.8. The van der Waals surface area contributed by atoms with Crippen LogP contribution in [-0.4, -0.2) is 65.9 Å². The van der Waals surface area contributed by atoms with Gasteiger partial charge in [0.2, 0.25) is 5.91 Å². The van der Waals surface area contributed by atoms with Crippen molar-refractivity contribution in [2.75, 3.05) is 45.2 Å². The van der Waals surface area contributed by atoms with Gasteiger partial charge in [-0.3, -0.25) is 9.78 Å². The molecular weight excluding hydrogens is 414 g/mol. The maximum atomic E-state index is 12.8. The highest BCUT2D eigenvalue weighted by atomic mass is 16.5. The van der Waals surface area contributed by atoms with Crippen molar-refractivity contribution in [2.24, 2.45) is 0 Å². The lowest BCUT2D eigenvalue weighted by Gasteiger charge is -2.35. The Morgan fingerprint density at radius 1 is 0.939 bits per heavy atom. The van der Waals surface area contributed by atoms with Gasteiger partial charge in [-0.05, 0) is 55.6 Å². The largest absolute Gasteiger partial charge is 0.487 e. The van der Waals surface area contributed by atoms with Crippen LogP contribution in [0.5, 0.6) is 5.75 Å². The highest BCUT2D eigenvalue weighted by Gasteiger charge is 2.22. The molecule has 2 aromatic heterocycles. The van der Waals surface area contributed by atoms with Crippen molar-refractivity contribution in [3.8, 4) is 5.75 Å². The first-order valence-electron chi connectivity index (χ1n) is 11.3. The standard InChI is InChI=1S/C26H31N5O2/c1-29(2)19-22-8-11-25(28-18-22)30-13-15-31(16-14-30)26(32)17-21-6-9-24(10-7-21)33-20-23-5-3-4-12-27-23/h3-12,18H,13-17,19-20H2,1-2H3. The van der Waals surface area contributed by atoms with E-state index in [1.807, 2.05) is 53.6 Å². The number of hydrogen-bond acceptors (Lipinski definition) is 6. The van der Waals surface area contributed by atoms with Crippen LogP contribution >= 0.6 is 0 Å². The van der Waals surface area contributed by atoms with Gasteiger partial charge in [0, 0.05) is 45.1 Å². The average Bonchev–Trinajstić information content (AvgIpc) is 2.84. The van der Waals surface area contributed by atoms with E-state index < -0.39 is 0 Å². The number of ether oxygens (including phenoxy) is 1. The fourth-order valence-corrected chi connectivity index (χ4v) is 3.88. The van der Waals surface area contributed by atoms with Crippen molar-refractivity contribution >= 4 is 11.7 Å². The second kappa shape index (κ2) is 10.9. The molecule has 1 aromatic carbocycles. The number of aromatic nitrogens is 2. The van der Waals surface area contributed by atoms with Crippen molar-refractivity contribution < 1.29 is 9.53 Å². The molecule has 1 aliphatic heterocycles. The molecule has 3 aromatic rings. The number of anilines is 1. The Labute approximate surface area is 195 Å². The number of amides is 1. The van der Waals surface area contributed by atoms with Crippen LogP contribution < -0.4 is 9.64 Å². The number of pyridine rings is 2. The predicted molar refractivity (Wildman–Crippen MR) is 129 cm³/mol. The molecule has 0 spiro atoms. The summed E-state index contributed by atoms with van der Waals surface area (Å²) in [6.07, 6.45) is 4.10. The van der Waals surface area contributed by atoms with E-state index in [-0.39, 0.29) is 5.91 Å². The minimum atomic E-state index is 0.158. The molecule has 1 saturated heterocycles. The van der Waals surface area contributed by atoms with Crippen LogP contribution in [0, 0.1) is 0 Å². The Morgan fingerprint density at radius 3 is 2.33 bits per heavy atom. The number of carbonyl (C=O) groups excluding carboxylic acids is 1. The Kier molecular flexibility index (Phi) is 7.52. The van der Waals surface area contributed by atoms with E-state index in [4.69, 9.17) is 4.74 Å². The van der Waals surface area contributed by atoms with Gasteiger partial charge in [0.15, 0.2) is 0 Å². The minimum absolute atomic E-state index is 0.158. The van der Waals surface area contributed by atoms with Crippen molar-refractivity contribution in [3.63, 3.8) is 0 Å². The first-order chi connectivity index (χ1) is 16.1. The molecule has 7 heteroatoms. The molecule has 0 atom stereocenters. The van der Waals surface area contributed by atoms with Crippen LogP contribution in [0.3, 0.4) is 0 Å². The summed E-state index contributed by atoms with van der Waals surface area (Å²) in [5.41, 5.74) is 3.08. The number of nitrogens with zero attached hydrogens (tertiary/aromatic N) is 5. The number of piperazine rings is 1. The second-order valence-electron chi connectivity index (χ2n) is 8.56. The lowest BCUT2D eigenvalue weighted by atomic mass is 10.1. The zero-order chi connectivity index (χ0) is 23.0. The molecule has 33 heavy (non-hydrogen) atoms. The van der Waals surface area contributed by atoms with Gasteiger partial charge in [-0.15, -0.1) is 0 Å². The zero-order valence-electron chi connectivity index (χ0n) is 19.4. The second-order valence-corrected chi connectivity index (χ2v) is 8.56. The molecule has 1 fully saturated rings. The van der Waals surface area contributed by atoms with Gasteiger partial charge in [-0.1, -0.05) is 24.3 Å². The van der Waals surface area contributed by atoms with Crippen LogP contribution in [0.15, 0.2) is 67.0 Å². The molecule has 172 valence electrons. The van der Waals surface area contributed by atoms with E-state index in [9.17, 15) is 4.79 Å². The highest BCUT2D eigenvalue weighted by molar-refractivity contribution is 5.79. The fourth-order valence-electron chi connectivity index (χ4n) is 3.88. The molecule has 1 amide bonds. The van der Waals surface area contributed by atoms with E-state index in [0.29, 0.717) is 26.1 Å². The number of hydrogen-bond donors (Lipinski definition) is 0. The van der Waals surface area contributed by atoms with Crippen LogP contribution in [0.1, 0.15) is 16.8 Å². The monoisotopic (exact) mass is 445 g/mol. The molecule has 4 rings (SSSR count). The van der Waals surface area contributed by atoms with Gasteiger partial charge in [-0.25, -0.2) is 4.98 Å². The lowest BCUT2D eigenvalue weighted by Crippen LogP contribution is -2.49. The number of benzene rings is 1. The number of rotatable bonds is 8. The van der Waals surface area contributed by atoms with Gasteiger partial charge in [0.05, 0.1) is 12.1 Å². The van der Waals surface area contributed by atoms with Gasteiger partial charge in [-0.2, -0.15) is 0 Å². The molecule has 0 saturated carbocycles. The van der Waals surface area contributed by atoms with Crippen molar-refractivity contribution in [1.29, 1.82) is 0 Å². The minimum Gasteiger partial charge on any atom is -0.487 e. The summed E-state index contributed by atoms with van der Waals surface area (Å²) < 4.78 is 5.78. The maximum Gasteiger partial charge on any atom is 0.227 e. The summed E-state index contributed by atoms with van der Waals surface area (Å²) in [6, 6.07) is 17.7. The Morgan fingerprint density at radius 2 is 1.70 bits per heavy atom. The molecular formula is C26H31N5O2. The quantitative estimate of drug-likeness (QED) is 0.531. The Hall–Kier alpha value is -3.45. The van der Waals surface area contributed by atoms with E-state index in [0.717, 1.165) is 42.5 Å². The average molecular weight is 446 g/mol. The fraction of sp³-hybridized carbons (Fsp3) is 0.346. The molecule has 0 unspecified atom stereocenters. The lowest BCUT2D eigenvalue weighted by molar-refractivity contribution is -0.130. The molecule has 1 aliphatic rings. The van der Waals surface area contributed by atoms with Gasteiger partial charge in [0.25, 0.3) is 0 Å². The van der Waals surface area contributed by atoms with E-state index in [1.165, 1.54) is 5.56 Å². The summed E-state index contributed by atoms with van der Waals surface area (Å²) in [5.74, 6) is 1.91. The smallest absolute Gasteiger partial charge is 0.227 e. The molecule has 3 heterocycles.